The highest BCUT2D eigenvalue weighted by atomic mass is 32.2. The van der Waals surface area contributed by atoms with Gasteiger partial charge in [0.15, 0.2) is 9.84 Å². The molecule has 1 aromatic carbocycles. The Kier molecular flexibility index (Phi) is 5.50. The van der Waals surface area contributed by atoms with Crippen molar-refractivity contribution in [1.82, 2.24) is 4.90 Å². The van der Waals surface area contributed by atoms with Gasteiger partial charge in [0.05, 0.1) is 5.75 Å². The monoisotopic (exact) mass is 324 g/mol. The number of hydrogen-bond acceptors (Lipinski definition) is 4. The van der Waals surface area contributed by atoms with Gasteiger partial charge in [0.2, 0.25) is 0 Å². The highest BCUT2D eigenvalue weighted by Gasteiger charge is 2.25. The number of nitrogens with zero attached hydrogens (tertiary/aromatic N) is 1. The highest BCUT2D eigenvalue weighted by molar-refractivity contribution is 7.89. The minimum Gasteiger partial charge on any atom is -0.382 e. The van der Waals surface area contributed by atoms with Gasteiger partial charge >= 0.3 is 0 Å². The summed E-state index contributed by atoms with van der Waals surface area (Å²) in [6.07, 6.45) is 2.42. The van der Waals surface area contributed by atoms with Crippen LogP contribution in [0.4, 0.5) is 5.69 Å². The molecule has 0 amide bonds. The van der Waals surface area contributed by atoms with E-state index in [0.717, 1.165) is 42.9 Å². The summed E-state index contributed by atoms with van der Waals surface area (Å²) in [4.78, 5) is 2.48. The summed E-state index contributed by atoms with van der Waals surface area (Å²) in [6, 6.07) is 6.36. The van der Waals surface area contributed by atoms with Crippen molar-refractivity contribution in [3.8, 4) is 0 Å². The first-order valence-electron chi connectivity index (χ1n) is 8.05. The average Bonchev–Trinajstić information content (AvgIpc) is 2.43. The van der Waals surface area contributed by atoms with Crippen LogP contribution in [0.5, 0.6) is 0 Å². The molecule has 1 fully saturated rings. The molecule has 124 valence electrons. The number of benzene rings is 1. The van der Waals surface area contributed by atoms with Crippen molar-refractivity contribution in [1.29, 1.82) is 0 Å². The largest absolute Gasteiger partial charge is 0.382 e. The minimum absolute atomic E-state index is 0.109. The van der Waals surface area contributed by atoms with Gasteiger partial charge in [-0.15, -0.1) is 0 Å². The maximum Gasteiger partial charge on any atom is 0.151 e. The van der Waals surface area contributed by atoms with Crippen LogP contribution in [-0.2, 0) is 15.6 Å². The van der Waals surface area contributed by atoms with Crippen molar-refractivity contribution in [2.75, 3.05) is 31.2 Å². The first-order valence-corrected chi connectivity index (χ1v) is 10.1. The number of likely N-dealkylation sites (tertiary alicyclic amines) is 1. The molecule has 4 nitrogen and oxygen atoms in total. The van der Waals surface area contributed by atoms with Crippen molar-refractivity contribution in [3.63, 3.8) is 0 Å². The lowest BCUT2D eigenvalue weighted by molar-refractivity contribution is 0.179. The molecule has 1 N–H and O–H groups in total. The van der Waals surface area contributed by atoms with Crippen LogP contribution in [0, 0.1) is 12.8 Å². The predicted molar refractivity (Wildman–Crippen MR) is 93.0 cm³/mol. The Hall–Kier alpha value is -1.07. The molecule has 0 aromatic heterocycles. The molecule has 1 saturated heterocycles. The van der Waals surface area contributed by atoms with E-state index in [9.17, 15) is 8.42 Å². The smallest absolute Gasteiger partial charge is 0.151 e. The summed E-state index contributed by atoms with van der Waals surface area (Å²) in [7, 11) is -3.01. The second-order valence-corrected chi connectivity index (χ2v) is 8.71. The van der Waals surface area contributed by atoms with Crippen LogP contribution in [0.2, 0.25) is 0 Å². The first kappa shape index (κ1) is 17.3. The fourth-order valence-corrected chi connectivity index (χ4v) is 4.09. The van der Waals surface area contributed by atoms with Gasteiger partial charge in [0.25, 0.3) is 0 Å². The lowest BCUT2D eigenvalue weighted by atomic mass is 9.93. The number of sulfone groups is 1. The number of anilines is 1. The maximum atomic E-state index is 11.5. The van der Waals surface area contributed by atoms with E-state index in [1.165, 1.54) is 6.26 Å². The molecule has 5 heteroatoms. The third kappa shape index (κ3) is 4.46. The Labute approximate surface area is 134 Å². The average molecular weight is 324 g/mol. The zero-order valence-electron chi connectivity index (χ0n) is 14.1. The Morgan fingerprint density at radius 1 is 1.36 bits per heavy atom. The molecule has 1 aromatic rings. The molecule has 2 rings (SSSR count). The number of hydrogen-bond donors (Lipinski definition) is 1. The molecule has 0 bridgehead atoms. The van der Waals surface area contributed by atoms with Gasteiger partial charge in [-0.3, -0.25) is 0 Å². The van der Waals surface area contributed by atoms with Gasteiger partial charge in [-0.2, -0.15) is 0 Å². The van der Waals surface area contributed by atoms with Gasteiger partial charge in [0.1, 0.15) is 0 Å². The van der Waals surface area contributed by atoms with E-state index >= 15 is 0 Å². The molecule has 1 aliphatic rings. The van der Waals surface area contributed by atoms with Gasteiger partial charge in [-0.05, 0) is 43.0 Å². The van der Waals surface area contributed by atoms with Gasteiger partial charge < -0.3 is 10.2 Å². The molecule has 0 saturated carbocycles. The van der Waals surface area contributed by atoms with E-state index in [4.69, 9.17) is 0 Å². The van der Waals surface area contributed by atoms with Crippen LogP contribution in [0.15, 0.2) is 18.2 Å². The third-order valence-corrected chi connectivity index (χ3v) is 5.48. The second-order valence-electron chi connectivity index (χ2n) is 6.57. The zero-order valence-corrected chi connectivity index (χ0v) is 14.9. The molecule has 2 atom stereocenters. The molecule has 22 heavy (non-hydrogen) atoms. The van der Waals surface area contributed by atoms with E-state index in [1.54, 1.807) is 0 Å². The van der Waals surface area contributed by atoms with Crippen LogP contribution in [0.1, 0.15) is 31.4 Å². The van der Waals surface area contributed by atoms with E-state index in [2.05, 4.69) is 30.1 Å². The van der Waals surface area contributed by atoms with Gasteiger partial charge in [-0.25, -0.2) is 8.42 Å². The fraction of sp³-hybridized carbons (Fsp3) is 0.647. The van der Waals surface area contributed by atoms with Crippen molar-refractivity contribution < 1.29 is 8.42 Å². The summed E-state index contributed by atoms with van der Waals surface area (Å²) in [5.74, 6) is 0.699. The lowest BCUT2D eigenvalue weighted by Crippen LogP contribution is -2.45. The summed E-state index contributed by atoms with van der Waals surface area (Å²) in [5.41, 5.74) is 3.02. The van der Waals surface area contributed by atoms with Gasteiger partial charge in [-0.1, -0.05) is 26.0 Å². The number of piperidine rings is 1. The van der Waals surface area contributed by atoms with Crippen LogP contribution < -0.4 is 5.32 Å². The maximum absolute atomic E-state index is 11.5. The van der Waals surface area contributed by atoms with Crippen LogP contribution in [0.25, 0.3) is 0 Å². The van der Waals surface area contributed by atoms with Crippen LogP contribution >= 0.6 is 0 Å². The van der Waals surface area contributed by atoms with E-state index in [0.29, 0.717) is 12.0 Å². The number of nitrogens with one attached hydrogen (secondary N) is 1. The van der Waals surface area contributed by atoms with E-state index < -0.39 is 9.84 Å². The summed E-state index contributed by atoms with van der Waals surface area (Å²) < 4.78 is 23.1. The molecular formula is C17H28N2O2S. The van der Waals surface area contributed by atoms with Crippen molar-refractivity contribution >= 4 is 15.5 Å². The SMILES string of the molecule is CCN1CCC(Nc2cccc(CS(C)(=O)=O)c2C)C(C)C1. The zero-order chi connectivity index (χ0) is 16.3. The van der Waals surface area contributed by atoms with Crippen molar-refractivity contribution in [3.05, 3.63) is 29.3 Å². The molecule has 1 heterocycles. The standard InChI is InChI=1S/C17H28N2O2S/c1-5-19-10-9-16(13(2)11-19)18-17-8-6-7-15(14(17)3)12-22(4,20)21/h6-8,13,16,18H,5,9-12H2,1-4H3. The third-order valence-electron chi connectivity index (χ3n) is 4.64. The van der Waals surface area contributed by atoms with Crippen molar-refractivity contribution in [2.24, 2.45) is 5.92 Å². The Bertz CT molecular complexity index is 613. The Morgan fingerprint density at radius 3 is 2.68 bits per heavy atom. The molecular weight excluding hydrogens is 296 g/mol. The molecule has 0 radical (unpaired) electrons. The van der Waals surface area contributed by atoms with E-state index in [-0.39, 0.29) is 5.75 Å². The van der Waals surface area contributed by atoms with Crippen LogP contribution in [0.3, 0.4) is 0 Å². The number of rotatable bonds is 5. The molecule has 2 unspecified atom stereocenters. The Morgan fingerprint density at radius 2 is 2.09 bits per heavy atom. The summed E-state index contributed by atoms with van der Waals surface area (Å²) >= 11 is 0. The summed E-state index contributed by atoms with van der Waals surface area (Å²) in [5, 5.41) is 3.65. The minimum atomic E-state index is -3.01. The Balaban J connectivity index is 2.12. The van der Waals surface area contributed by atoms with Crippen LogP contribution in [-0.4, -0.2) is 45.2 Å². The second kappa shape index (κ2) is 7.01. The predicted octanol–water partition coefficient (Wildman–Crippen LogP) is 2.68. The molecule has 0 spiro atoms. The first-order chi connectivity index (χ1) is 10.3. The fourth-order valence-electron chi connectivity index (χ4n) is 3.21. The van der Waals surface area contributed by atoms with Gasteiger partial charge in [0, 0.05) is 31.1 Å². The summed E-state index contributed by atoms with van der Waals surface area (Å²) in [6.45, 7) is 9.86. The molecule has 0 aliphatic carbocycles. The van der Waals surface area contributed by atoms with Crippen molar-refractivity contribution in [2.45, 2.75) is 39.0 Å². The highest BCUT2D eigenvalue weighted by Crippen LogP contribution is 2.25. The molecule has 1 aliphatic heterocycles. The normalized spacial score (nSPS) is 23.5. The lowest BCUT2D eigenvalue weighted by Gasteiger charge is -2.37. The quantitative estimate of drug-likeness (QED) is 0.905. The topological polar surface area (TPSA) is 49.4 Å². The van der Waals surface area contributed by atoms with E-state index in [1.807, 2.05) is 19.1 Å².